The Morgan fingerprint density at radius 1 is 1.50 bits per heavy atom. The Labute approximate surface area is 92.5 Å². The summed E-state index contributed by atoms with van der Waals surface area (Å²) in [5.74, 6) is 0.905. The first-order valence-corrected chi connectivity index (χ1v) is 5.67. The average Bonchev–Trinajstić information content (AvgIpc) is 2.63. The van der Waals surface area contributed by atoms with Gasteiger partial charge in [0.25, 0.3) is 0 Å². The Balaban J connectivity index is 2.40. The number of halogens is 1. The fourth-order valence-corrected chi connectivity index (χ4v) is 2.55. The van der Waals surface area contributed by atoms with Gasteiger partial charge in [0, 0.05) is 11.0 Å². The van der Waals surface area contributed by atoms with E-state index < -0.39 is 0 Å². The SMILES string of the molecule is Cc1cc(O)cc(C2CCNC2)c1Br. The van der Waals surface area contributed by atoms with Gasteiger partial charge in [-0.05, 0) is 49.1 Å². The van der Waals surface area contributed by atoms with Crippen LogP contribution in [0, 0.1) is 6.92 Å². The van der Waals surface area contributed by atoms with E-state index in [0.717, 1.165) is 29.5 Å². The van der Waals surface area contributed by atoms with E-state index in [9.17, 15) is 5.11 Å². The van der Waals surface area contributed by atoms with Gasteiger partial charge in [-0.3, -0.25) is 0 Å². The number of benzene rings is 1. The summed E-state index contributed by atoms with van der Waals surface area (Å²) in [6.07, 6.45) is 1.15. The first-order valence-electron chi connectivity index (χ1n) is 4.88. The molecule has 1 aliphatic heterocycles. The molecule has 2 N–H and O–H groups in total. The van der Waals surface area contributed by atoms with Gasteiger partial charge < -0.3 is 10.4 Å². The van der Waals surface area contributed by atoms with E-state index in [-0.39, 0.29) is 0 Å². The van der Waals surface area contributed by atoms with Crippen molar-refractivity contribution in [3.63, 3.8) is 0 Å². The summed E-state index contributed by atoms with van der Waals surface area (Å²) in [4.78, 5) is 0. The van der Waals surface area contributed by atoms with E-state index in [0.29, 0.717) is 11.7 Å². The molecule has 1 aromatic carbocycles. The summed E-state index contributed by atoms with van der Waals surface area (Å²) in [5, 5.41) is 12.9. The van der Waals surface area contributed by atoms with Crippen molar-refractivity contribution in [1.82, 2.24) is 5.32 Å². The van der Waals surface area contributed by atoms with Gasteiger partial charge in [0.1, 0.15) is 5.75 Å². The minimum absolute atomic E-state index is 0.368. The van der Waals surface area contributed by atoms with E-state index in [4.69, 9.17) is 0 Å². The third-order valence-electron chi connectivity index (χ3n) is 2.77. The minimum Gasteiger partial charge on any atom is -0.508 e. The predicted molar refractivity (Wildman–Crippen MR) is 60.8 cm³/mol. The molecule has 1 saturated heterocycles. The lowest BCUT2D eigenvalue weighted by molar-refractivity contribution is 0.473. The Hall–Kier alpha value is -0.540. The van der Waals surface area contributed by atoms with E-state index in [1.54, 1.807) is 6.07 Å². The molecule has 0 aliphatic carbocycles. The summed E-state index contributed by atoms with van der Waals surface area (Å²) in [6.45, 7) is 4.10. The molecule has 1 fully saturated rings. The molecule has 1 aromatic rings. The van der Waals surface area contributed by atoms with Crippen LogP contribution in [0.5, 0.6) is 5.75 Å². The van der Waals surface area contributed by atoms with Crippen LogP contribution in [-0.4, -0.2) is 18.2 Å². The molecule has 0 bridgehead atoms. The molecule has 0 radical (unpaired) electrons. The highest BCUT2D eigenvalue weighted by Gasteiger charge is 2.20. The molecular formula is C11H14BrNO. The van der Waals surface area contributed by atoms with E-state index in [1.165, 1.54) is 5.56 Å². The zero-order chi connectivity index (χ0) is 10.1. The van der Waals surface area contributed by atoms with Crippen molar-refractivity contribution in [2.24, 2.45) is 0 Å². The molecule has 3 heteroatoms. The van der Waals surface area contributed by atoms with Crippen LogP contribution in [0.15, 0.2) is 16.6 Å². The van der Waals surface area contributed by atoms with Crippen LogP contribution in [0.2, 0.25) is 0 Å². The van der Waals surface area contributed by atoms with Crippen LogP contribution >= 0.6 is 15.9 Å². The number of rotatable bonds is 1. The quantitative estimate of drug-likeness (QED) is 0.809. The maximum absolute atomic E-state index is 9.54. The molecule has 2 nitrogen and oxygen atoms in total. The lowest BCUT2D eigenvalue weighted by Crippen LogP contribution is -2.08. The third kappa shape index (κ3) is 1.79. The Bertz CT molecular complexity index is 345. The second-order valence-electron chi connectivity index (χ2n) is 3.86. The Kier molecular flexibility index (Phi) is 2.79. The van der Waals surface area contributed by atoms with Crippen molar-refractivity contribution < 1.29 is 5.11 Å². The number of phenols is 1. The maximum Gasteiger partial charge on any atom is 0.116 e. The Morgan fingerprint density at radius 3 is 2.93 bits per heavy atom. The summed E-state index contributed by atoms with van der Waals surface area (Å²) in [5.41, 5.74) is 2.33. The number of nitrogens with one attached hydrogen (secondary N) is 1. The molecule has 76 valence electrons. The van der Waals surface area contributed by atoms with E-state index in [1.807, 2.05) is 13.0 Å². The molecule has 0 saturated carbocycles. The predicted octanol–water partition coefficient (Wildman–Crippen LogP) is 2.54. The fourth-order valence-electron chi connectivity index (χ4n) is 1.99. The van der Waals surface area contributed by atoms with Crippen molar-refractivity contribution in [3.05, 3.63) is 27.7 Å². The fraction of sp³-hybridized carbons (Fsp3) is 0.455. The molecule has 0 amide bonds. The molecule has 2 rings (SSSR count). The van der Waals surface area contributed by atoms with E-state index >= 15 is 0 Å². The summed E-state index contributed by atoms with van der Waals surface area (Å²) in [7, 11) is 0. The first-order chi connectivity index (χ1) is 6.68. The summed E-state index contributed by atoms with van der Waals surface area (Å²) < 4.78 is 1.14. The van der Waals surface area contributed by atoms with Crippen LogP contribution in [0.1, 0.15) is 23.5 Å². The van der Waals surface area contributed by atoms with Gasteiger partial charge >= 0.3 is 0 Å². The minimum atomic E-state index is 0.368. The standard InChI is InChI=1S/C11H14BrNO/c1-7-4-9(14)5-10(11(7)12)8-2-3-13-6-8/h4-5,8,13-14H,2-3,6H2,1H3. The number of hydrogen-bond acceptors (Lipinski definition) is 2. The monoisotopic (exact) mass is 255 g/mol. The number of aryl methyl sites for hydroxylation is 1. The molecule has 1 atom stereocenters. The maximum atomic E-state index is 9.54. The molecule has 1 aliphatic rings. The zero-order valence-corrected chi connectivity index (χ0v) is 9.76. The summed E-state index contributed by atoms with van der Waals surface area (Å²) >= 11 is 3.59. The van der Waals surface area contributed by atoms with Crippen molar-refractivity contribution in [3.8, 4) is 5.75 Å². The van der Waals surface area contributed by atoms with Gasteiger partial charge in [-0.2, -0.15) is 0 Å². The largest absolute Gasteiger partial charge is 0.508 e. The molecule has 1 heterocycles. The van der Waals surface area contributed by atoms with Gasteiger partial charge in [0.15, 0.2) is 0 Å². The lowest BCUT2D eigenvalue weighted by Gasteiger charge is -2.13. The van der Waals surface area contributed by atoms with Crippen LogP contribution < -0.4 is 5.32 Å². The highest BCUT2D eigenvalue weighted by molar-refractivity contribution is 9.10. The van der Waals surface area contributed by atoms with Gasteiger partial charge in [-0.25, -0.2) is 0 Å². The second-order valence-corrected chi connectivity index (χ2v) is 4.65. The summed E-state index contributed by atoms with van der Waals surface area (Å²) in [6, 6.07) is 3.66. The number of hydrogen-bond donors (Lipinski definition) is 2. The van der Waals surface area contributed by atoms with Gasteiger partial charge in [0.2, 0.25) is 0 Å². The number of aromatic hydroxyl groups is 1. The van der Waals surface area contributed by atoms with Crippen LogP contribution in [0.3, 0.4) is 0 Å². The molecule has 0 spiro atoms. The van der Waals surface area contributed by atoms with Crippen LogP contribution in [0.25, 0.3) is 0 Å². The van der Waals surface area contributed by atoms with Crippen LogP contribution in [-0.2, 0) is 0 Å². The number of phenolic OH excluding ortho intramolecular Hbond substituents is 1. The van der Waals surface area contributed by atoms with Gasteiger partial charge in [0.05, 0.1) is 0 Å². The molecule has 0 aromatic heterocycles. The van der Waals surface area contributed by atoms with Crippen molar-refractivity contribution in [2.45, 2.75) is 19.3 Å². The normalized spacial score (nSPS) is 21.4. The average molecular weight is 256 g/mol. The van der Waals surface area contributed by atoms with Crippen LogP contribution in [0.4, 0.5) is 0 Å². The zero-order valence-electron chi connectivity index (χ0n) is 8.18. The highest BCUT2D eigenvalue weighted by Crippen LogP contribution is 2.34. The Morgan fingerprint density at radius 2 is 2.29 bits per heavy atom. The molecule has 14 heavy (non-hydrogen) atoms. The topological polar surface area (TPSA) is 32.3 Å². The lowest BCUT2D eigenvalue weighted by atomic mass is 9.96. The van der Waals surface area contributed by atoms with Crippen molar-refractivity contribution in [2.75, 3.05) is 13.1 Å². The molecular weight excluding hydrogens is 242 g/mol. The van der Waals surface area contributed by atoms with Gasteiger partial charge in [-0.1, -0.05) is 15.9 Å². The van der Waals surface area contributed by atoms with Crippen molar-refractivity contribution in [1.29, 1.82) is 0 Å². The van der Waals surface area contributed by atoms with Gasteiger partial charge in [-0.15, -0.1) is 0 Å². The van der Waals surface area contributed by atoms with Crippen molar-refractivity contribution >= 4 is 15.9 Å². The smallest absolute Gasteiger partial charge is 0.116 e. The molecule has 1 unspecified atom stereocenters. The second kappa shape index (κ2) is 3.91. The third-order valence-corrected chi connectivity index (χ3v) is 3.85. The highest BCUT2D eigenvalue weighted by atomic mass is 79.9. The first kappa shape index (κ1) is 9.99. The van der Waals surface area contributed by atoms with E-state index in [2.05, 4.69) is 21.2 Å².